The van der Waals surface area contributed by atoms with Gasteiger partial charge in [-0.25, -0.2) is 4.79 Å². The molecule has 1 unspecified atom stereocenters. The second-order valence-electron chi connectivity index (χ2n) is 4.42. The van der Waals surface area contributed by atoms with Gasteiger partial charge in [0.15, 0.2) is 0 Å². The summed E-state index contributed by atoms with van der Waals surface area (Å²) in [5.74, 6) is -1.94. The number of carbonyl (C=O) groups is 2. The van der Waals surface area contributed by atoms with Gasteiger partial charge in [-0.3, -0.25) is 4.79 Å². The minimum atomic E-state index is -3.01. The van der Waals surface area contributed by atoms with Crippen LogP contribution in [0.25, 0.3) is 0 Å². The Bertz CT molecular complexity index is 511. The molecular formula is C13H16F2N2O4. The van der Waals surface area contributed by atoms with Crippen molar-refractivity contribution in [2.45, 2.75) is 13.5 Å². The molecule has 6 nitrogen and oxygen atoms in total. The summed E-state index contributed by atoms with van der Waals surface area (Å²) in [4.78, 5) is 23.8. The van der Waals surface area contributed by atoms with Crippen molar-refractivity contribution < 1.29 is 28.2 Å². The summed E-state index contributed by atoms with van der Waals surface area (Å²) in [6.45, 7) is -1.56. The van der Waals surface area contributed by atoms with Crippen molar-refractivity contribution in [2.75, 3.05) is 18.9 Å². The average Bonchev–Trinajstić information content (AvgIpc) is 2.40. The van der Waals surface area contributed by atoms with Crippen LogP contribution in [0.5, 0.6) is 5.75 Å². The van der Waals surface area contributed by atoms with Crippen LogP contribution >= 0.6 is 0 Å². The van der Waals surface area contributed by atoms with Gasteiger partial charge in [0.25, 0.3) is 0 Å². The zero-order valence-corrected chi connectivity index (χ0v) is 11.5. The highest BCUT2D eigenvalue weighted by Gasteiger charge is 2.18. The number of carboxylic acids is 1. The Morgan fingerprint density at radius 3 is 2.57 bits per heavy atom. The van der Waals surface area contributed by atoms with E-state index < -0.39 is 24.5 Å². The minimum absolute atomic E-state index is 0.0148. The van der Waals surface area contributed by atoms with E-state index >= 15 is 0 Å². The van der Waals surface area contributed by atoms with E-state index in [4.69, 9.17) is 5.11 Å². The monoisotopic (exact) mass is 302 g/mol. The number of para-hydroxylation sites is 2. The smallest absolute Gasteiger partial charge is 0.387 e. The van der Waals surface area contributed by atoms with Crippen molar-refractivity contribution >= 4 is 17.7 Å². The number of urea groups is 1. The van der Waals surface area contributed by atoms with Gasteiger partial charge in [-0.1, -0.05) is 19.1 Å². The minimum Gasteiger partial charge on any atom is -0.481 e. The lowest BCUT2D eigenvalue weighted by molar-refractivity contribution is -0.141. The Kier molecular flexibility index (Phi) is 5.89. The number of hydrogen-bond acceptors (Lipinski definition) is 3. The number of benzene rings is 1. The lowest BCUT2D eigenvalue weighted by Gasteiger charge is -2.20. The van der Waals surface area contributed by atoms with E-state index in [0.29, 0.717) is 0 Å². The van der Waals surface area contributed by atoms with Crippen LogP contribution in [0, 0.1) is 5.92 Å². The Labute approximate surface area is 120 Å². The van der Waals surface area contributed by atoms with Crippen LogP contribution in [0.15, 0.2) is 24.3 Å². The van der Waals surface area contributed by atoms with Gasteiger partial charge in [-0.05, 0) is 12.1 Å². The molecule has 0 radical (unpaired) electrons. The highest BCUT2D eigenvalue weighted by atomic mass is 19.3. The average molecular weight is 302 g/mol. The summed E-state index contributed by atoms with van der Waals surface area (Å²) < 4.78 is 28.8. The maximum absolute atomic E-state index is 12.2. The van der Waals surface area contributed by atoms with Crippen molar-refractivity contribution in [3.05, 3.63) is 24.3 Å². The molecule has 8 heteroatoms. The van der Waals surface area contributed by atoms with Gasteiger partial charge in [0.1, 0.15) is 5.75 Å². The van der Waals surface area contributed by atoms with Gasteiger partial charge in [0, 0.05) is 13.6 Å². The third-order valence-electron chi connectivity index (χ3n) is 2.66. The fourth-order valence-corrected chi connectivity index (χ4v) is 1.55. The molecule has 0 spiro atoms. The molecule has 0 aromatic heterocycles. The van der Waals surface area contributed by atoms with Crippen molar-refractivity contribution in [3.8, 4) is 5.75 Å². The van der Waals surface area contributed by atoms with Crippen LogP contribution in [-0.4, -0.2) is 42.2 Å². The third-order valence-corrected chi connectivity index (χ3v) is 2.66. The molecule has 0 bridgehead atoms. The molecule has 0 saturated carbocycles. The molecule has 1 aromatic carbocycles. The lowest BCUT2D eigenvalue weighted by Crippen LogP contribution is -2.36. The van der Waals surface area contributed by atoms with Crippen LogP contribution in [0.2, 0.25) is 0 Å². The van der Waals surface area contributed by atoms with E-state index in [2.05, 4.69) is 10.1 Å². The summed E-state index contributed by atoms with van der Waals surface area (Å²) in [6.07, 6.45) is 0. The Morgan fingerprint density at radius 1 is 1.38 bits per heavy atom. The van der Waals surface area contributed by atoms with Crippen molar-refractivity contribution in [1.82, 2.24) is 4.90 Å². The molecule has 2 N–H and O–H groups in total. The lowest BCUT2D eigenvalue weighted by atomic mass is 10.2. The van der Waals surface area contributed by atoms with Gasteiger partial charge in [0.05, 0.1) is 11.6 Å². The predicted octanol–water partition coefficient (Wildman–Crippen LogP) is 2.47. The van der Waals surface area contributed by atoms with Gasteiger partial charge in [-0.15, -0.1) is 0 Å². The molecule has 21 heavy (non-hydrogen) atoms. The Hall–Kier alpha value is -2.38. The van der Waals surface area contributed by atoms with E-state index in [1.807, 2.05) is 0 Å². The number of halogens is 2. The third kappa shape index (κ3) is 5.25. The van der Waals surface area contributed by atoms with Crippen LogP contribution in [0.1, 0.15) is 6.92 Å². The zero-order valence-electron chi connectivity index (χ0n) is 11.5. The number of ether oxygens (including phenoxy) is 1. The molecule has 2 amide bonds. The van der Waals surface area contributed by atoms with Crippen molar-refractivity contribution in [1.29, 1.82) is 0 Å². The maximum Gasteiger partial charge on any atom is 0.387 e. The summed E-state index contributed by atoms with van der Waals surface area (Å²) in [7, 11) is 1.41. The second-order valence-corrected chi connectivity index (χ2v) is 4.42. The quantitative estimate of drug-likeness (QED) is 0.846. The second kappa shape index (κ2) is 7.41. The highest BCUT2D eigenvalue weighted by Crippen LogP contribution is 2.25. The molecule has 1 rings (SSSR count). The van der Waals surface area contributed by atoms with Gasteiger partial charge >= 0.3 is 18.6 Å². The van der Waals surface area contributed by atoms with Gasteiger partial charge < -0.3 is 20.1 Å². The zero-order chi connectivity index (χ0) is 16.0. The number of nitrogens with zero attached hydrogens (tertiary/aromatic N) is 1. The molecule has 0 fully saturated rings. The predicted molar refractivity (Wildman–Crippen MR) is 71.5 cm³/mol. The first kappa shape index (κ1) is 16.7. The first-order valence-electron chi connectivity index (χ1n) is 6.10. The number of alkyl halides is 2. The molecule has 0 aliphatic rings. The van der Waals surface area contributed by atoms with Gasteiger partial charge in [-0.2, -0.15) is 8.78 Å². The van der Waals surface area contributed by atoms with E-state index in [9.17, 15) is 18.4 Å². The number of anilines is 1. The first-order valence-corrected chi connectivity index (χ1v) is 6.10. The number of hydrogen-bond donors (Lipinski definition) is 2. The number of rotatable bonds is 6. The normalized spacial score (nSPS) is 11.9. The number of aliphatic carboxylic acids is 1. The molecule has 0 aliphatic heterocycles. The maximum atomic E-state index is 12.2. The van der Waals surface area contributed by atoms with Crippen LogP contribution in [0.3, 0.4) is 0 Å². The first-order chi connectivity index (χ1) is 9.81. The van der Waals surface area contributed by atoms with E-state index in [1.165, 1.54) is 32.2 Å². The molecule has 0 heterocycles. The number of carbonyl (C=O) groups excluding carboxylic acids is 1. The standard InChI is InChI=1S/C13H16F2N2O4/c1-8(11(18)19)7-17(2)13(20)16-9-5-3-4-6-10(9)21-12(14)15/h3-6,8,12H,7H2,1-2H3,(H,16,20)(H,18,19). The number of nitrogens with one attached hydrogen (secondary N) is 1. The van der Waals surface area contributed by atoms with Crippen LogP contribution in [-0.2, 0) is 4.79 Å². The molecule has 0 aliphatic carbocycles. The molecule has 1 atom stereocenters. The summed E-state index contributed by atoms with van der Waals surface area (Å²) in [5, 5.41) is 11.2. The van der Waals surface area contributed by atoms with Crippen LogP contribution in [0.4, 0.5) is 19.3 Å². The van der Waals surface area contributed by atoms with E-state index in [-0.39, 0.29) is 18.0 Å². The summed E-state index contributed by atoms with van der Waals surface area (Å²) in [6, 6.07) is 5.12. The molecular weight excluding hydrogens is 286 g/mol. The Balaban J connectivity index is 2.72. The summed E-state index contributed by atoms with van der Waals surface area (Å²) >= 11 is 0. The highest BCUT2D eigenvalue weighted by molar-refractivity contribution is 5.91. The van der Waals surface area contributed by atoms with Crippen molar-refractivity contribution in [3.63, 3.8) is 0 Å². The fraction of sp³-hybridized carbons (Fsp3) is 0.385. The fourth-order valence-electron chi connectivity index (χ4n) is 1.55. The molecule has 0 saturated heterocycles. The van der Waals surface area contributed by atoms with E-state index in [0.717, 1.165) is 4.90 Å². The van der Waals surface area contributed by atoms with Crippen LogP contribution < -0.4 is 10.1 Å². The molecule has 116 valence electrons. The molecule has 1 aromatic rings. The number of amides is 2. The van der Waals surface area contributed by atoms with Gasteiger partial charge in [0.2, 0.25) is 0 Å². The largest absolute Gasteiger partial charge is 0.481 e. The summed E-state index contributed by atoms with van der Waals surface area (Å²) in [5.41, 5.74) is 0.0811. The van der Waals surface area contributed by atoms with Crippen molar-refractivity contribution in [2.24, 2.45) is 5.92 Å². The topological polar surface area (TPSA) is 78.9 Å². The van der Waals surface area contributed by atoms with E-state index in [1.54, 1.807) is 6.07 Å². The Morgan fingerprint density at radius 2 is 2.00 bits per heavy atom. The SMILES string of the molecule is CC(CN(C)C(=O)Nc1ccccc1OC(F)F)C(=O)O. The number of carboxylic acid groups (broad SMARTS) is 1.